The summed E-state index contributed by atoms with van der Waals surface area (Å²) in [7, 11) is 0. The van der Waals surface area contributed by atoms with Crippen molar-refractivity contribution < 1.29 is 73.8 Å². The van der Waals surface area contributed by atoms with Crippen molar-refractivity contribution in [2.75, 3.05) is 26.4 Å². The minimum Gasteiger partial charge on any atom is -0.462 e. The van der Waals surface area contributed by atoms with Gasteiger partial charge in [-0.15, -0.1) is 0 Å². The van der Waals surface area contributed by atoms with E-state index in [2.05, 4.69) is 6.92 Å². The summed E-state index contributed by atoms with van der Waals surface area (Å²) in [5.74, 6) is -0.976. The highest BCUT2D eigenvalue weighted by molar-refractivity contribution is 5.70. The molecule has 0 aromatic heterocycles. The van der Waals surface area contributed by atoms with E-state index in [4.69, 9.17) is 28.4 Å². The Kier molecular flexibility index (Phi) is 30.9. The normalized spacial score (nSPS) is 27.5. The van der Waals surface area contributed by atoms with Crippen LogP contribution in [0.5, 0.6) is 0 Å². The van der Waals surface area contributed by atoms with E-state index in [1.165, 1.54) is 122 Å². The minimum absolute atomic E-state index is 0.170. The van der Waals surface area contributed by atoms with Gasteiger partial charge in [0, 0.05) is 12.8 Å². The highest BCUT2D eigenvalue weighted by Gasteiger charge is 2.47. The second-order valence-electron chi connectivity index (χ2n) is 17.0. The fourth-order valence-electron chi connectivity index (χ4n) is 7.67. The number of carbonyl (C=O) groups excluding carboxylic acids is 2. The maximum Gasteiger partial charge on any atom is 0.306 e. The summed E-state index contributed by atoms with van der Waals surface area (Å²) in [6.07, 6.45) is 13.6. The fourth-order valence-corrected chi connectivity index (χ4v) is 7.67. The lowest BCUT2D eigenvalue weighted by molar-refractivity contribution is -0.332. The number of aliphatic hydroxyl groups is 7. The van der Waals surface area contributed by atoms with Crippen molar-refractivity contribution in [1.82, 2.24) is 0 Å². The molecule has 2 rings (SSSR count). The van der Waals surface area contributed by atoms with Gasteiger partial charge in [0.1, 0.15) is 55.4 Å². The zero-order chi connectivity index (χ0) is 44.0. The molecule has 2 aliphatic rings. The van der Waals surface area contributed by atoms with Gasteiger partial charge < -0.3 is 64.2 Å². The van der Waals surface area contributed by atoms with Crippen molar-refractivity contribution in [3.8, 4) is 0 Å². The molecule has 0 amide bonds. The summed E-state index contributed by atoms with van der Waals surface area (Å²) in [6.45, 7) is 2.21. The summed E-state index contributed by atoms with van der Waals surface area (Å²) >= 11 is 0. The Morgan fingerprint density at radius 1 is 0.467 bits per heavy atom. The molecule has 2 fully saturated rings. The van der Waals surface area contributed by atoms with Crippen molar-refractivity contribution in [1.29, 1.82) is 0 Å². The van der Waals surface area contributed by atoms with E-state index in [0.29, 0.717) is 12.8 Å². The Morgan fingerprint density at radius 3 is 1.33 bits per heavy atom. The van der Waals surface area contributed by atoms with Gasteiger partial charge in [-0.05, 0) is 12.8 Å². The van der Waals surface area contributed by atoms with Crippen LogP contribution in [0.3, 0.4) is 0 Å². The first-order valence-corrected chi connectivity index (χ1v) is 23.6. The summed E-state index contributed by atoms with van der Waals surface area (Å²) in [6, 6.07) is 0. The Hall–Kier alpha value is -1.50. The SMILES string of the molecule is CCCCCCCCCCCCCCCCCCCCCCCCCC(=O)OC(COC(=O)CCC)COC1OC(COC2OC(CO)C(O)C(O)C2O)C(O)C(O)C1O. The molecule has 2 aliphatic heterocycles. The summed E-state index contributed by atoms with van der Waals surface area (Å²) in [4.78, 5) is 24.9. The Bertz CT molecular complexity index is 1070. The van der Waals surface area contributed by atoms with Crippen LogP contribution in [-0.4, -0.2) is 142 Å². The standard InChI is InChI=1S/C45H84O15/c1-3-5-6-7-8-9-10-11-12-13-14-15-16-17-18-19-20-21-22-23-24-25-26-28-37(48)58-33(30-55-36(47)27-4-2)31-56-44-43(54)41(52)39(50)35(60-44)32-57-45-42(53)40(51)38(49)34(29-46)59-45/h33-35,38-46,49-54H,3-32H2,1-2H3. The Morgan fingerprint density at radius 2 is 0.883 bits per heavy atom. The molecule has 0 bridgehead atoms. The van der Waals surface area contributed by atoms with Crippen molar-refractivity contribution >= 4 is 11.9 Å². The highest BCUT2D eigenvalue weighted by atomic mass is 16.7. The maximum atomic E-state index is 12.8. The summed E-state index contributed by atoms with van der Waals surface area (Å²) in [5, 5.41) is 71.4. The molecular weight excluding hydrogens is 780 g/mol. The number of carbonyl (C=O) groups is 2. The van der Waals surface area contributed by atoms with Crippen molar-refractivity contribution in [3.63, 3.8) is 0 Å². The van der Waals surface area contributed by atoms with Gasteiger partial charge in [0.15, 0.2) is 18.7 Å². The van der Waals surface area contributed by atoms with E-state index in [-0.39, 0.29) is 26.1 Å². The van der Waals surface area contributed by atoms with E-state index in [9.17, 15) is 45.3 Å². The molecule has 0 aliphatic carbocycles. The lowest BCUT2D eigenvalue weighted by Gasteiger charge is -2.42. The van der Waals surface area contributed by atoms with Gasteiger partial charge in [-0.2, -0.15) is 0 Å². The molecule has 354 valence electrons. The van der Waals surface area contributed by atoms with Gasteiger partial charge in [0.25, 0.3) is 0 Å². The van der Waals surface area contributed by atoms with Gasteiger partial charge in [-0.3, -0.25) is 9.59 Å². The third-order valence-electron chi connectivity index (χ3n) is 11.6. The largest absolute Gasteiger partial charge is 0.462 e. The van der Waals surface area contributed by atoms with E-state index < -0.39 is 92.7 Å². The zero-order valence-corrected chi connectivity index (χ0v) is 37.0. The first kappa shape index (κ1) is 54.6. The number of unbranched alkanes of at least 4 members (excludes halogenated alkanes) is 22. The smallest absolute Gasteiger partial charge is 0.306 e. The third kappa shape index (κ3) is 22.7. The predicted octanol–water partition coefficient (Wildman–Crippen LogP) is 5.26. The number of aliphatic hydroxyl groups excluding tert-OH is 7. The average Bonchev–Trinajstić information content (AvgIpc) is 3.24. The molecule has 7 N–H and O–H groups in total. The van der Waals surface area contributed by atoms with Gasteiger partial charge >= 0.3 is 11.9 Å². The van der Waals surface area contributed by atoms with Gasteiger partial charge in [0.05, 0.1) is 19.8 Å². The van der Waals surface area contributed by atoms with Crippen LogP contribution in [0.1, 0.15) is 181 Å². The Labute approximate surface area is 359 Å². The Balaban J connectivity index is 1.61. The lowest BCUT2D eigenvalue weighted by Crippen LogP contribution is -2.61. The highest BCUT2D eigenvalue weighted by Crippen LogP contribution is 2.26. The summed E-state index contributed by atoms with van der Waals surface area (Å²) in [5.41, 5.74) is 0. The molecule has 0 saturated carbocycles. The van der Waals surface area contributed by atoms with Gasteiger partial charge in [-0.25, -0.2) is 0 Å². The van der Waals surface area contributed by atoms with Crippen LogP contribution in [0.2, 0.25) is 0 Å². The average molecular weight is 865 g/mol. The van der Waals surface area contributed by atoms with Crippen LogP contribution < -0.4 is 0 Å². The van der Waals surface area contributed by atoms with Crippen molar-refractivity contribution in [2.45, 2.75) is 248 Å². The number of rotatable bonds is 36. The molecule has 0 aromatic carbocycles. The molecule has 0 aromatic rings. The van der Waals surface area contributed by atoms with Crippen LogP contribution >= 0.6 is 0 Å². The van der Waals surface area contributed by atoms with E-state index >= 15 is 0 Å². The molecule has 11 unspecified atom stereocenters. The van der Waals surface area contributed by atoms with Gasteiger partial charge in [0.2, 0.25) is 0 Å². The first-order valence-electron chi connectivity index (χ1n) is 23.6. The molecule has 15 nitrogen and oxygen atoms in total. The molecule has 60 heavy (non-hydrogen) atoms. The molecule has 15 heteroatoms. The lowest BCUT2D eigenvalue weighted by atomic mass is 9.98. The predicted molar refractivity (Wildman–Crippen MR) is 225 cm³/mol. The van der Waals surface area contributed by atoms with Crippen LogP contribution in [-0.2, 0) is 38.0 Å². The quantitative estimate of drug-likeness (QED) is 0.0315. The minimum atomic E-state index is -1.76. The number of esters is 2. The zero-order valence-electron chi connectivity index (χ0n) is 37.0. The monoisotopic (exact) mass is 865 g/mol. The number of hydrogen-bond donors (Lipinski definition) is 7. The molecular formula is C45H84O15. The first-order chi connectivity index (χ1) is 29.0. The summed E-state index contributed by atoms with van der Waals surface area (Å²) < 4.78 is 33.0. The van der Waals surface area contributed by atoms with E-state index in [0.717, 1.165) is 19.3 Å². The second-order valence-corrected chi connectivity index (χ2v) is 17.0. The molecule has 2 heterocycles. The molecule has 0 radical (unpaired) electrons. The topological polar surface area (TPSA) is 231 Å². The molecule has 2 saturated heterocycles. The van der Waals surface area contributed by atoms with Crippen LogP contribution in [0.25, 0.3) is 0 Å². The van der Waals surface area contributed by atoms with Crippen LogP contribution in [0.15, 0.2) is 0 Å². The molecule has 11 atom stereocenters. The number of ether oxygens (including phenoxy) is 6. The molecule has 0 spiro atoms. The van der Waals surface area contributed by atoms with Crippen LogP contribution in [0.4, 0.5) is 0 Å². The van der Waals surface area contributed by atoms with Crippen LogP contribution in [0, 0.1) is 0 Å². The van der Waals surface area contributed by atoms with Crippen molar-refractivity contribution in [2.24, 2.45) is 0 Å². The maximum absolute atomic E-state index is 12.8. The van der Waals surface area contributed by atoms with E-state index in [1.54, 1.807) is 0 Å². The van der Waals surface area contributed by atoms with Crippen molar-refractivity contribution in [3.05, 3.63) is 0 Å². The van der Waals surface area contributed by atoms with E-state index in [1.807, 2.05) is 6.92 Å². The second kappa shape index (κ2) is 34.0. The fraction of sp³-hybridized carbons (Fsp3) is 0.956. The number of hydrogen-bond acceptors (Lipinski definition) is 15. The van der Waals surface area contributed by atoms with Gasteiger partial charge in [-0.1, -0.05) is 155 Å². The third-order valence-corrected chi connectivity index (χ3v) is 11.6.